The van der Waals surface area contributed by atoms with Crippen LogP contribution in [0, 0.1) is 16.0 Å². The molecule has 0 bridgehead atoms. The highest BCUT2D eigenvalue weighted by Crippen LogP contribution is 2.26. The fraction of sp³-hybridized carbons (Fsp3) is 0.389. The summed E-state index contributed by atoms with van der Waals surface area (Å²) in [6.45, 7) is 1.86. The predicted molar refractivity (Wildman–Crippen MR) is 92.5 cm³/mol. The summed E-state index contributed by atoms with van der Waals surface area (Å²) in [6.07, 6.45) is 4.57. The second-order valence-electron chi connectivity index (χ2n) is 6.12. The van der Waals surface area contributed by atoms with Crippen LogP contribution >= 0.6 is 0 Å². The van der Waals surface area contributed by atoms with Crippen molar-refractivity contribution >= 4 is 11.5 Å². The number of piperidine rings is 1. The molecule has 0 spiro atoms. The van der Waals surface area contributed by atoms with Crippen LogP contribution in [0.15, 0.2) is 42.6 Å². The molecule has 1 aliphatic rings. The van der Waals surface area contributed by atoms with Gasteiger partial charge in [0.1, 0.15) is 17.8 Å². The molecule has 1 aromatic carbocycles. The summed E-state index contributed by atoms with van der Waals surface area (Å²) >= 11 is 0. The molecule has 0 radical (unpaired) electrons. The number of ether oxygens (including phenoxy) is 1. The lowest BCUT2D eigenvalue weighted by molar-refractivity contribution is -0.385. The molecule has 126 valence electrons. The summed E-state index contributed by atoms with van der Waals surface area (Å²) in [5.74, 6) is 2.37. The molecular formula is C18H21N3O3. The van der Waals surface area contributed by atoms with Crippen LogP contribution in [-0.4, -0.2) is 30.1 Å². The van der Waals surface area contributed by atoms with E-state index in [1.54, 1.807) is 13.2 Å². The maximum Gasteiger partial charge on any atom is 0.287 e. The van der Waals surface area contributed by atoms with Crippen LogP contribution in [0.1, 0.15) is 18.4 Å². The average Bonchev–Trinajstić information content (AvgIpc) is 2.62. The Morgan fingerprint density at radius 1 is 1.29 bits per heavy atom. The Bertz CT molecular complexity index is 695. The second-order valence-corrected chi connectivity index (χ2v) is 6.12. The van der Waals surface area contributed by atoms with E-state index in [1.807, 2.05) is 12.1 Å². The van der Waals surface area contributed by atoms with Crippen molar-refractivity contribution < 1.29 is 9.66 Å². The van der Waals surface area contributed by atoms with Gasteiger partial charge in [-0.3, -0.25) is 10.1 Å². The Kier molecular flexibility index (Phi) is 4.93. The number of nitro groups is 1. The highest BCUT2D eigenvalue weighted by molar-refractivity contribution is 5.43. The lowest BCUT2D eigenvalue weighted by atomic mass is 9.90. The molecule has 1 aromatic heterocycles. The molecule has 1 fully saturated rings. The van der Waals surface area contributed by atoms with E-state index < -0.39 is 4.92 Å². The number of methoxy groups -OCH3 is 1. The van der Waals surface area contributed by atoms with Crippen molar-refractivity contribution in [1.29, 1.82) is 0 Å². The number of pyridine rings is 1. The number of nitrogens with zero attached hydrogens (tertiary/aromatic N) is 3. The number of aromatic nitrogens is 1. The molecular weight excluding hydrogens is 306 g/mol. The minimum Gasteiger partial charge on any atom is -0.497 e. The normalized spacial score (nSPS) is 15.3. The van der Waals surface area contributed by atoms with Crippen molar-refractivity contribution in [3.05, 3.63) is 58.3 Å². The van der Waals surface area contributed by atoms with Gasteiger partial charge in [-0.15, -0.1) is 0 Å². The van der Waals surface area contributed by atoms with Crippen LogP contribution in [0.4, 0.5) is 11.5 Å². The summed E-state index contributed by atoms with van der Waals surface area (Å²) in [6, 6.07) is 11.5. The monoisotopic (exact) mass is 327 g/mol. The maximum absolute atomic E-state index is 10.7. The van der Waals surface area contributed by atoms with Crippen molar-refractivity contribution in [3.63, 3.8) is 0 Å². The van der Waals surface area contributed by atoms with Gasteiger partial charge in [0.15, 0.2) is 0 Å². The van der Waals surface area contributed by atoms with Gasteiger partial charge in [-0.05, 0) is 48.9 Å². The Labute approximate surface area is 141 Å². The molecule has 0 saturated carbocycles. The first-order chi connectivity index (χ1) is 11.7. The molecule has 24 heavy (non-hydrogen) atoms. The third kappa shape index (κ3) is 3.82. The fourth-order valence-corrected chi connectivity index (χ4v) is 3.17. The van der Waals surface area contributed by atoms with Crippen LogP contribution in [-0.2, 0) is 6.42 Å². The van der Waals surface area contributed by atoms with Gasteiger partial charge in [-0.25, -0.2) is 4.98 Å². The van der Waals surface area contributed by atoms with Crippen molar-refractivity contribution in [1.82, 2.24) is 4.98 Å². The molecule has 6 heteroatoms. The summed E-state index contributed by atoms with van der Waals surface area (Å²) in [5, 5.41) is 10.7. The van der Waals surface area contributed by atoms with Crippen LogP contribution in [0.3, 0.4) is 0 Å². The minimum atomic E-state index is -0.419. The summed E-state index contributed by atoms with van der Waals surface area (Å²) in [4.78, 5) is 16.7. The van der Waals surface area contributed by atoms with Crippen LogP contribution in [0.2, 0.25) is 0 Å². The summed E-state index contributed by atoms with van der Waals surface area (Å²) < 4.78 is 5.28. The summed E-state index contributed by atoms with van der Waals surface area (Å²) in [7, 11) is 1.69. The topological polar surface area (TPSA) is 68.5 Å². The number of hydrogen-bond acceptors (Lipinski definition) is 5. The van der Waals surface area contributed by atoms with Crippen LogP contribution < -0.4 is 9.64 Å². The summed E-state index contributed by atoms with van der Waals surface area (Å²) in [5.41, 5.74) is 1.34. The molecule has 2 aromatic rings. The lowest BCUT2D eigenvalue weighted by Crippen LogP contribution is -2.34. The lowest BCUT2D eigenvalue weighted by Gasteiger charge is -2.32. The van der Waals surface area contributed by atoms with Crippen molar-refractivity contribution in [2.24, 2.45) is 5.92 Å². The number of rotatable bonds is 5. The third-order valence-corrected chi connectivity index (χ3v) is 4.54. The molecule has 1 saturated heterocycles. The van der Waals surface area contributed by atoms with E-state index in [9.17, 15) is 10.1 Å². The fourth-order valence-electron chi connectivity index (χ4n) is 3.17. The van der Waals surface area contributed by atoms with E-state index in [0.717, 1.165) is 43.9 Å². The van der Waals surface area contributed by atoms with Gasteiger partial charge < -0.3 is 9.64 Å². The average molecular weight is 327 g/mol. The van der Waals surface area contributed by atoms with E-state index >= 15 is 0 Å². The van der Waals surface area contributed by atoms with E-state index in [-0.39, 0.29) is 5.69 Å². The molecule has 3 rings (SSSR count). The molecule has 0 amide bonds. The SMILES string of the molecule is COc1cccc(CC2CCN(c3ccc([N+](=O)[O-])cn3)CC2)c1. The Balaban J connectivity index is 1.56. The van der Waals surface area contributed by atoms with Gasteiger partial charge in [-0.1, -0.05) is 12.1 Å². The number of hydrogen-bond donors (Lipinski definition) is 0. The van der Waals surface area contributed by atoms with E-state index in [4.69, 9.17) is 4.74 Å². The van der Waals surface area contributed by atoms with Crippen LogP contribution in [0.5, 0.6) is 5.75 Å². The van der Waals surface area contributed by atoms with Gasteiger partial charge in [0, 0.05) is 19.2 Å². The first-order valence-electron chi connectivity index (χ1n) is 8.14. The van der Waals surface area contributed by atoms with Gasteiger partial charge in [0.05, 0.1) is 12.0 Å². The largest absolute Gasteiger partial charge is 0.497 e. The first kappa shape index (κ1) is 16.2. The Hall–Kier alpha value is -2.63. The highest BCUT2D eigenvalue weighted by Gasteiger charge is 2.21. The van der Waals surface area contributed by atoms with Gasteiger partial charge in [0.2, 0.25) is 0 Å². The van der Waals surface area contributed by atoms with E-state index in [2.05, 4.69) is 22.0 Å². The first-order valence-corrected chi connectivity index (χ1v) is 8.14. The van der Waals surface area contributed by atoms with E-state index in [0.29, 0.717) is 5.92 Å². The molecule has 0 atom stereocenters. The molecule has 1 aliphatic heterocycles. The highest BCUT2D eigenvalue weighted by atomic mass is 16.6. The molecule has 6 nitrogen and oxygen atoms in total. The number of anilines is 1. The van der Waals surface area contributed by atoms with Crippen molar-refractivity contribution in [2.45, 2.75) is 19.3 Å². The number of benzene rings is 1. The van der Waals surface area contributed by atoms with Gasteiger partial charge in [0.25, 0.3) is 5.69 Å². The van der Waals surface area contributed by atoms with Crippen LogP contribution in [0.25, 0.3) is 0 Å². The minimum absolute atomic E-state index is 0.0339. The predicted octanol–water partition coefficient (Wildman–Crippen LogP) is 3.46. The zero-order chi connectivity index (χ0) is 16.9. The molecule has 2 heterocycles. The molecule has 0 unspecified atom stereocenters. The second kappa shape index (κ2) is 7.29. The Morgan fingerprint density at radius 2 is 2.08 bits per heavy atom. The standard InChI is InChI=1S/C18H21N3O3/c1-24-17-4-2-3-15(12-17)11-14-7-9-20(10-8-14)18-6-5-16(13-19-18)21(22)23/h2-6,12-14H,7-11H2,1H3. The molecule has 0 N–H and O–H groups in total. The van der Waals surface area contributed by atoms with Crippen molar-refractivity contribution in [2.75, 3.05) is 25.1 Å². The smallest absolute Gasteiger partial charge is 0.287 e. The maximum atomic E-state index is 10.7. The molecule has 0 aliphatic carbocycles. The quantitative estimate of drug-likeness (QED) is 0.621. The zero-order valence-electron chi connectivity index (χ0n) is 13.7. The zero-order valence-corrected chi connectivity index (χ0v) is 13.7. The third-order valence-electron chi connectivity index (χ3n) is 4.54. The van der Waals surface area contributed by atoms with Gasteiger partial charge >= 0.3 is 0 Å². The van der Waals surface area contributed by atoms with E-state index in [1.165, 1.54) is 17.8 Å². The Morgan fingerprint density at radius 3 is 2.71 bits per heavy atom. The van der Waals surface area contributed by atoms with Crippen molar-refractivity contribution in [3.8, 4) is 5.75 Å². The van der Waals surface area contributed by atoms with Gasteiger partial charge in [-0.2, -0.15) is 0 Å².